The number of nitrogens with one attached hydrogen (secondary N) is 1. The van der Waals surface area contributed by atoms with Crippen molar-refractivity contribution in [2.75, 3.05) is 20.7 Å². The smallest absolute Gasteiger partial charge is 0.118 e. The molecule has 96 valence electrons. The summed E-state index contributed by atoms with van der Waals surface area (Å²) in [5, 5.41) is 3.17. The third kappa shape index (κ3) is 4.36. The minimum absolute atomic E-state index is 0.0980. The number of ether oxygens (including phenoxy) is 2. The van der Waals surface area contributed by atoms with Crippen LogP contribution in [0.5, 0.6) is 5.75 Å². The molecule has 0 aromatic heterocycles. The van der Waals surface area contributed by atoms with Crippen molar-refractivity contribution in [3.05, 3.63) is 29.8 Å². The first kappa shape index (κ1) is 14.0. The summed E-state index contributed by atoms with van der Waals surface area (Å²) in [7, 11) is 3.62. The second kappa shape index (κ2) is 7.30. The van der Waals surface area contributed by atoms with Crippen molar-refractivity contribution < 1.29 is 9.47 Å². The Kier molecular flexibility index (Phi) is 6.01. The van der Waals surface area contributed by atoms with Gasteiger partial charge in [0.2, 0.25) is 0 Å². The Labute approximate surface area is 104 Å². The summed E-state index contributed by atoms with van der Waals surface area (Å²) in [6.45, 7) is 5.05. The van der Waals surface area contributed by atoms with Crippen LogP contribution in [0.25, 0.3) is 0 Å². The van der Waals surface area contributed by atoms with Gasteiger partial charge in [0.25, 0.3) is 0 Å². The molecule has 0 saturated heterocycles. The van der Waals surface area contributed by atoms with E-state index in [1.165, 1.54) is 5.56 Å². The normalized spacial score (nSPS) is 14.4. The standard InChI is InChI=1S/C14H23NO2/c1-5-11(2)17-14(10-15-3)12-6-8-13(16-4)9-7-12/h6-9,11,14-15H,5,10H2,1-4H3. The van der Waals surface area contributed by atoms with Crippen LogP contribution >= 0.6 is 0 Å². The lowest BCUT2D eigenvalue weighted by atomic mass is 10.1. The topological polar surface area (TPSA) is 30.5 Å². The highest BCUT2D eigenvalue weighted by atomic mass is 16.5. The molecule has 0 amide bonds. The monoisotopic (exact) mass is 237 g/mol. The van der Waals surface area contributed by atoms with Gasteiger partial charge in [-0.1, -0.05) is 19.1 Å². The van der Waals surface area contributed by atoms with E-state index in [1.54, 1.807) is 7.11 Å². The molecule has 2 unspecified atom stereocenters. The molecule has 1 aromatic rings. The molecule has 0 fully saturated rings. The summed E-state index contributed by atoms with van der Waals surface area (Å²) in [5.74, 6) is 0.875. The van der Waals surface area contributed by atoms with Gasteiger partial charge in [0.1, 0.15) is 5.75 Å². The van der Waals surface area contributed by atoms with Gasteiger partial charge in [-0.15, -0.1) is 0 Å². The SMILES string of the molecule is CCC(C)OC(CNC)c1ccc(OC)cc1. The molecular weight excluding hydrogens is 214 g/mol. The maximum atomic E-state index is 6.00. The lowest BCUT2D eigenvalue weighted by molar-refractivity contribution is -0.00359. The van der Waals surface area contributed by atoms with Crippen LogP contribution in [-0.2, 0) is 4.74 Å². The largest absolute Gasteiger partial charge is 0.497 e. The van der Waals surface area contributed by atoms with E-state index in [0.29, 0.717) is 0 Å². The van der Waals surface area contributed by atoms with Crippen molar-refractivity contribution >= 4 is 0 Å². The number of likely N-dealkylation sites (N-methyl/N-ethyl adjacent to an activating group) is 1. The van der Waals surface area contributed by atoms with Crippen molar-refractivity contribution in [3.63, 3.8) is 0 Å². The third-order valence-corrected chi connectivity index (χ3v) is 2.85. The fraction of sp³-hybridized carbons (Fsp3) is 0.571. The number of hydrogen-bond donors (Lipinski definition) is 1. The maximum absolute atomic E-state index is 6.00. The quantitative estimate of drug-likeness (QED) is 0.791. The maximum Gasteiger partial charge on any atom is 0.118 e. The first-order chi connectivity index (χ1) is 8.21. The summed E-state index contributed by atoms with van der Waals surface area (Å²) in [5.41, 5.74) is 1.18. The van der Waals surface area contributed by atoms with Crippen LogP contribution in [0.4, 0.5) is 0 Å². The second-order valence-corrected chi connectivity index (χ2v) is 4.17. The molecular formula is C14H23NO2. The third-order valence-electron chi connectivity index (χ3n) is 2.85. The van der Waals surface area contributed by atoms with Crippen LogP contribution in [0.15, 0.2) is 24.3 Å². The molecule has 0 heterocycles. The molecule has 2 atom stereocenters. The van der Waals surface area contributed by atoms with Gasteiger partial charge >= 0.3 is 0 Å². The molecule has 1 aromatic carbocycles. The van der Waals surface area contributed by atoms with Crippen LogP contribution in [0.2, 0.25) is 0 Å². The molecule has 0 aliphatic carbocycles. The lowest BCUT2D eigenvalue weighted by Gasteiger charge is -2.22. The van der Waals surface area contributed by atoms with Crippen LogP contribution in [-0.4, -0.2) is 26.8 Å². The highest BCUT2D eigenvalue weighted by molar-refractivity contribution is 5.28. The van der Waals surface area contributed by atoms with E-state index in [4.69, 9.17) is 9.47 Å². The number of benzene rings is 1. The fourth-order valence-electron chi connectivity index (χ4n) is 1.63. The summed E-state index contributed by atoms with van der Waals surface area (Å²) in [6, 6.07) is 8.06. The van der Waals surface area contributed by atoms with E-state index >= 15 is 0 Å². The minimum atomic E-state index is 0.0980. The number of methoxy groups -OCH3 is 1. The molecule has 0 aliphatic heterocycles. The van der Waals surface area contributed by atoms with Gasteiger partial charge in [0.05, 0.1) is 19.3 Å². The van der Waals surface area contributed by atoms with Crippen LogP contribution in [0, 0.1) is 0 Å². The average molecular weight is 237 g/mol. The van der Waals surface area contributed by atoms with Gasteiger partial charge in [-0.05, 0) is 38.1 Å². The minimum Gasteiger partial charge on any atom is -0.497 e. The first-order valence-corrected chi connectivity index (χ1v) is 6.15. The predicted molar refractivity (Wildman–Crippen MR) is 70.5 cm³/mol. The van der Waals surface area contributed by atoms with Crippen LogP contribution in [0.1, 0.15) is 31.9 Å². The Morgan fingerprint density at radius 2 is 1.88 bits per heavy atom. The molecule has 17 heavy (non-hydrogen) atoms. The van der Waals surface area contributed by atoms with Gasteiger partial charge in [-0.3, -0.25) is 0 Å². The average Bonchev–Trinajstić information content (AvgIpc) is 2.38. The summed E-state index contributed by atoms with van der Waals surface area (Å²) >= 11 is 0. The zero-order valence-corrected chi connectivity index (χ0v) is 11.2. The van der Waals surface area contributed by atoms with E-state index in [-0.39, 0.29) is 12.2 Å². The molecule has 0 saturated carbocycles. The zero-order chi connectivity index (χ0) is 12.7. The van der Waals surface area contributed by atoms with Crippen molar-refractivity contribution in [2.24, 2.45) is 0 Å². The van der Waals surface area contributed by atoms with Crippen LogP contribution in [0.3, 0.4) is 0 Å². The number of hydrogen-bond acceptors (Lipinski definition) is 3. The Morgan fingerprint density at radius 3 is 2.35 bits per heavy atom. The van der Waals surface area contributed by atoms with E-state index in [9.17, 15) is 0 Å². The Balaban J connectivity index is 2.73. The van der Waals surface area contributed by atoms with Gasteiger partial charge in [-0.25, -0.2) is 0 Å². The first-order valence-electron chi connectivity index (χ1n) is 6.15. The Bertz CT molecular complexity index is 311. The van der Waals surface area contributed by atoms with E-state index < -0.39 is 0 Å². The molecule has 0 spiro atoms. The molecule has 1 N–H and O–H groups in total. The molecule has 1 rings (SSSR count). The van der Waals surface area contributed by atoms with Crippen LogP contribution < -0.4 is 10.1 Å². The summed E-state index contributed by atoms with van der Waals surface area (Å²) in [6.07, 6.45) is 1.40. The lowest BCUT2D eigenvalue weighted by Crippen LogP contribution is -2.23. The molecule has 0 radical (unpaired) electrons. The highest BCUT2D eigenvalue weighted by Crippen LogP contribution is 2.22. The van der Waals surface area contributed by atoms with Gasteiger partial charge in [0.15, 0.2) is 0 Å². The van der Waals surface area contributed by atoms with E-state index in [0.717, 1.165) is 18.7 Å². The molecule has 3 nitrogen and oxygen atoms in total. The predicted octanol–water partition coefficient (Wildman–Crippen LogP) is 2.77. The van der Waals surface area contributed by atoms with Gasteiger partial charge in [0, 0.05) is 6.54 Å². The van der Waals surface area contributed by atoms with Crippen molar-refractivity contribution in [1.29, 1.82) is 0 Å². The van der Waals surface area contributed by atoms with Crippen molar-refractivity contribution in [3.8, 4) is 5.75 Å². The van der Waals surface area contributed by atoms with Crippen molar-refractivity contribution in [2.45, 2.75) is 32.5 Å². The highest BCUT2D eigenvalue weighted by Gasteiger charge is 2.14. The molecule has 3 heteroatoms. The molecule has 0 aliphatic rings. The second-order valence-electron chi connectivity index (χ2n) is 4.17. The fourth-order valence-corrected chi connectivity index (χ4v) is 1.63. The Morgan fingerprint density at radius 1 is 1.24 bits per heavy atom. The van der Waals surface area contributed by atoms with E-state index in [2.05, 4.69) is 31.3 Å². The summed E-state index contributed by atoms with van der Waals surface area (Å²) < 4.78 is 11.2. The van der Waals surface area contributed by atoms with Crippen molar-refractivity contribution in [1.82, 2.24) is 5.32 Å². The Hall–Kier alpha value is -1.06. The van der Waals surface area contributed by atoms with E-state index in [1.807, 2.05) is 19.2 Å². The van der Waals surface area contributed by atoms with Gasteiger partial charge in [-0.2, -0.15) is 0 Å². The summed E-state index contributed by atoms with van der Waals surface area (Å²) in [4.78, 5) is 0. The number of rotatable bonds is 7. The molecule has 0 bridgehead atoms. The van der Waals surface area contributed by atoms with Gasteiger partial charge < -0.3 is 14.8 Å². The zero-order valence-electron chi connectivity index (χ0n) is 11.2.